The fourth-order valence-corrected chi connectivity index (χ4v) is 9.76. The number of alkyl carbamates (subject to hydrolysis) is 1. The van der Waals surface area contributed by atoms with Gasteiger partial charge in [0.25, 0.3) is 0 Å². The number of Topliss-reactive ketones (excluding diaryl/α,β-unsaturated/α-hetero) is 1. The van der Waals surface area contributed by atoms with Crippen LogP contribution in [0.25, 0.3) is 0 Å². The van der Waals surface area contributed by atoms with Crippen LogP contribution in [0, 0.1) is 16.7 Å². The number of carbonyl (C=O) groups excluding carboxylic acids is 5. The fourth-order valence-electron chi connectivity index (χ4n) is 9.76. The summed E-state index contributed by atoms with van der Waals surface area (Å²) >= 11 is 0. The van der Waals surface area contributed by atoms with Crippen molar-refractivity contribution in [1.82, 2.24) is 5.32 Å². The van der Waals surface area contributed by atoms with E-state index in [-0.39, 0.29) is 28.7 Å². The van der Waals surface area contributed by atoms with Crippen LogP contribution in [0.4, 0.5) is 4.79 Å². The summed E-state index contributed by atoms with van der Waals surface area (Å²) in [4.78, 5) is 71.5. The maximum Gasteiger partial charge on any atom is 0.408 e. The SMILES string of the molecule is [2H]C([2H])([2H])O[C@H]1C[C@H]2OC[C@@]2(OC(C)=O)[C@H]2[C@H](OC(=O)c3ccccc3)[C@]3(O)C[C@H](OC(=O)[C@H](O)[C@@H](NC(=O)OC(C([2H])([2H])[2H])(C([2H])([2H])[2H])C([2H])([2H])[2H])c4ccccc4)C(C)=C([C@@H](OC)C(=O)[C@]12C)C3(C)C. The topological polar surface area (TPSA) is 202 Å². The number of nitrogens with one attached hydrogen (secondary N) is 1. The van der Waals surface area contributed by atoms with Crippen LogP contribution in [-0.2, 0) is 47.5 Å². The van der Waals surface area contributed by atoms with E-state index in [9.17, 15) is 29.4 Å². The van der Waals surface area contributed by atoms with Crippen molar-refractivity contribution in [2.24, 2.45) is 16.7 Å². The van der Waals surface area contributed by atoms with E-state index < -0.39 is 147 Å². The normalized spacial score (nSPS) is 36.8. The average Bonchev–Trinajstić information content (AvgIpc) is 3.25. The highest BCUT2D eigenvalue weighted by Gasteiger charge is 2.78. The molecule has 3 fully saturated rings. The molecule has 0 radical (unpaired) electrons. The van der Waals surface area contributed by atoms with Gasteiger partial charge in [-0.25, -0.2) is 14.4 Å². The maximum atomic E-state index is 15.8. The highest BCUT2D eigenvalue weighted by Crippen LogP contribution is 2.64. The number of hydrogen-bond donors (Lipinski definition) is 3. The zero-order chi connectivity index (χ0) is 54.2. The van der Waals surface area contributed by atoms with E-state index in [0.717, 1.165) is 14.0 Å². The molecule has 0 aromatic heterocycles. The van der Waals surface area contributed by atoms with E-state index >= 15 is 4.79 Å². The molecular weight excluding hydrogens is 778 g/mol. The number of ketones is 1. The van der Waals surface area contributed by atoms with Gasteiger partial charge in [0.15, 0.2) is 17.5 Å². The molecule has 11 atom stereocenters. The standard InChI is InChI=1S/C45H57NO14/c1-24-28(57-39(51)33(48)32(26-17-13-11-14-18-26)46-40(52)60-41(3,4)5)22-45(53)37(58-38(50)27-19-15-12-16-20-27)35-43(8,36(49)34(55-10)31(24)42(45,6)7)29(54-9)21-30-44(35,23-56-30)59-25(2)47/h11-20,28-30,32-35,37,48,53H,21-23H2,1-10H3,(H,46,52)/t28-,29-,30+,32-,33+,34+,35-,37-,43+,44-,45+/m0/s1/i3D3,4D3,5D3,9D3. The van der Waals surface area contributed by atoms with Gasteiger partial charge >= 0.3 is 24.0 Å². The van der Waals surface area contributed by atoms with E-state index in [0.29, 0.717) is 0 Å². The van der Waals surface area contributed by atoms with Crippen LogP contribution in [0.1, 0.15) is 106 Å². The number of benzene rings is 2. The number of ether oxygens (including phenoxy) is 7. The molecule has 15 nitrogen and oxygen atoms in total. The minimum Gasteiger partial charge on any atom is -0.456 e. The van der Waals surface area contributed by atoms with Crippen LogP contribution in [0.2, 0.25) is 0 Å². The smallest absolute Gasteiger partial charge is 0.408 e. The third-order valence-electron chi connectivity index (χ3n) is 12.7. The molecule has 2 bridgehead atoms. The van der Waals surface area contributed by atoms with Crippen molar-refractivity contribution >= 4 is 29.8 Å². The molecule has 0 spiro atoms. The first-order chi connectivity index (χ1) is 33.0. The summed E-state index contributed by atoms with van der Waals surface area (Å²) in [5.41, 5.74) is -12.7. The van der Waals surface area contributed by atoms with Gasteiger partial charge in [0.2, 0.25) is 0 Å². The molecule has 3 N–H and O–H groups in total. The molecule has 1 amide bonds. The Kier molecular flexibility index (Phi) is 8.49. The van der Waals surface area contributed by atoms with Gasteiger partial charge in [0.05, 0.1) is 39.8 Å². The lowest BCUT2D eigenvalue weighted by molar-refractivity contribution is -0.347. The predicted octanol–water partition coefficient (Wildman–Crippen LogP) is 4.57. The molecule has 2 saturated carbocycles. The lowest BCUT2D eigenvalue weighted by atomic mass is 9.44. The van der Waals surface area contributed by atoms with Crippen LogP contribution in [0.15, 0.2) is 71.8 Å². The zero-order valence-corrected chi connectivity index (χ0v) is 33.8. The third kappa shape index (κ3) is 7.52. The van der Waals surface area contributed by atoms with Crippen LogP contribution in [-0.4, -0.2) is 114 Å². The summed E-state index contributed by atoms with van der Waals surface area (Å²) < 4.78 is 136. The van der Waals surface area contributed by atoms with E-state index in [2.05, 4.69) is 0 Å². The Morgan fingerprint density at radius 2 is 1.63 bits per heavy atom. The van der Waals surface area contributed by atoms with Gasteiger partial charge in [0, 0.05) is 51.7 Å². The Balaban J connectivity index is 1.52. The summed E-state index contributed by atoms with van der Waals surface area (Å²) in [5.74, 6) is -6.12. The lowest BCUT2D eigenvalue weighted by Gasteiger charge is -2.67. The molecule has 1 heterocycles. The van der Waals surface area contributed by atoms with Crippen LogP contribution < -0.4 is 5.32 Å². The molecular formula is C45H57NO14. The number of methoxy groups -OCH3 is 2. The monoisotopic (exact) mass is 847 g/mol. The number of fused-ring (bicyclic) bond motifs is 5. The first kappa shape index (κ1) is 31.2. The number of rotatable bonds is 10. The Morgan fingerprint density at radius 3 is 2.20 bits per heavy atom. The van der Waals surface area contributed by atoms with Crippen molar-refractivity contribution in [2.45, 2.75) is 127 Å². The molecule has 6 rings (SSSR count). The van der Waals surface area contributed by atoms with Crippen molar-refractivity contribution in [3.8, 4) is 0 Å². The second-order valence-corrected chi connectivity index (χ2v) is 16.4. The zero-order valence-electron chi connectivity index (χ0n) is 45.8. The minimum atomic E-state index is -4.12. The van der Waals surface area contributed by atoms with E-state index in [4.69, 9.17) is 49.6 Å². The Morgan fingerprint density at radius 1 is 0.983 bits per heavy atom. The highest BCUT2D eigenvalue weighted by atomic mass is 16.6. The number of esters is 3. The number of aliphatic hydroxyl groups is 2. The largest absolute Gasteiger partial charge is 0.456 e. The van der Waals surface area contributed by atoms with Gasteiger partial charge in [-0.15, -0.1) is 0 Å². The average molecular weight is 848 g/mol. The van der Waals surface area contributed by atoms with Crippen molar-refractivity contribution in [1.29, 1.82) is 0 Å². The molecule has 4 aliphatic rings. The van der Waals surface area contributed by atoms with E-state index in [1.165, 1.54) is 82.3 Å². The van der Waals surface area contributed by atoms with Gasteiger partial charge in [-0.2, -0.15) is 0 Å². The number of amides is 1. The van der Waals surface area contributed by atoms with Crippen LogP contribution >= 0.6 is 0 Å². The number of aliphatic hydroxyl groups excluding tert-OH is 1. The Hall–Kier alpha value is -4.67. The molecule has 2 aromatic rings. The van der Waals surface area contributed by atoms with E-state index in [1.54, 1.807) is 6.07 Å². The number of carbonyl (C=O) groups is 5. The van der Waals surface area contributed by atoms with Gasteiger partial charge < -0.3 is 48.7 Å². The van der Waals surface area contributed by atoms with Gasteiger partial charge in [-0.3, -0.25) is 9.59 Å². The molecule has 326 valence electrons. The number of hydrogen-bond acceptors (Lipinski definition) is 14. The highest BCUT2D eigenvalue weighted by molar-refractivity contribution is 5.94. The second kappa shape index (κ2) is 16.3. The quantitative estimate of drug-likeness (QED) is 0.171. The van der Waals surface area contributed by atoms with Crippen molar-refractivity contribution in [2.75, 3.05) is 20.8 Å². The summed E-state index contributed by atoms with van der Waals surface area (Å²) in [6.07, 6.45) is -13.9. The maximum absolute atomic E-state index is 15.8. The van der Waals surface area contributed by atoms with Gasteiger partial charge in [-0.1, -0.05) is 62.4 Å². The summed E-state index contributed by atoms with van der Waals surface area (Å²) in [5, 5.41) is 27.7. The summed E-state index contributed by atoms with van der Waals surface area (Å²) in [7, 11) is -2.00. The molecule has 0 unspecified atom stereocenters. The van der Waals surface area contributed by atoms with E-state index in [1.807, 2.05) is 5.32 Å². The van der Waals surface area contributed by atoms with Crippen molar-refractivity contribution < 1.29 is 83.8 Å². The summed E-state index contributed by atoms with van der Waals surface area (Å²) in [6, 6.07) is 12.3. The fraction of sp³-hybridized carbons (Fsp3) is 0.578. The van der Waals surface area contributed by atoms with Crippen molar-refractivity contribution in [3.63, 3.8) is 0 Å². The molecule has 60 heavy (non-hydrogen) atoms. The van der Waals surface area contributed by atoms with Crippen molar-refractivity contribution in [3.05, 3.63) is 82.9 Å². The summed E-state index contributed by atoms with van der Waals surface area (Å²) in [6.45, 7) is -5.59. The Bertz CT molecular complexity index is 2410. The first-order valence-corrected chi connectivity index (χ1v) is 19.2. The van der Waals surface area contributed by atoms with Gasteiger partial charge in [-0.05, 0) is 63.2 Å². The van der Waals surface area contributed by atoms with Gasteiger partial charge in [0.1, 0.15) is 35.6 Å². The second-order valence-electron chi connectivity index (χ2n) is 16.4. The Labute approximate surface area is 366 Å². The molecule has 1 saturated heterocycles. The molecule has 3 aliphatic carbocycles. The van der Waals surface area contributed by atoms with Crippen LogP contribution in [0.5, 0.6) is 0 Å². The first-order valence-electron chi connectivity index (χ1n) is 25.2. The van der Waals surface area contributed by atoms with Crippen LogP contribution in [0.3, 0.4) is 0 Å². The molecule has 15 heteroatoms. The minimum absolute atomic E-state index is 0.0431. The third-order valence-corrected chi connectivity index (χ3v) is 12.7. The predicted molar refractivity (Wildman–Crippen MR) is 213 cm³/mol. The molecule has 1 aliphatic heterocycles. The molecule has 2 aromatic carbocycles. The lowest BCUT2D eigenvalue weighted by Crippen LogP contribution is -2.82.